The molecule has 1 aliphatic carbocycles. The topological polar surface area (TPSA) is 0 Å². The molecule has 0 nitrogen and oxygen atoms in total. The van der Waals surface area contributed by atoms with E-state index >= 15 is 0 Å². The van der Waals surface area contributed by atoms with Gasteiger partial charge in [0.05, 0.1) is 0 Å². The summed E-state index contributed by atoms with van der Waals surface area (Å²) in [6.07, 6.45) is 10.0. The van der Waals surface area contributed by atoms with Gasteiger partial charge in [-0.15, -0.1) is 65.7 Å². The minimum Gasteiger partial charge on any atom is -0.358 e. The van der Waals surface area contributed by atoms with Gasteiger partial charge in [0.25, 0.3) is 0 Å². The van der Waals surface area contributed by atoms with E-state index < -0.39 is 0 Å². The third kappa shape index (κ3) is 13.4. The molecule has 0 radical (unpaired) electrons. The summed E-state index contributed by atoms with van der Waals surface area (Å²) < 4.78 is 0. The molecule has 6 aromatic carbocycles. The van der Waals surface area contributed by atoms with Crippen LogP contribution in [0.4, 0.5) is 0 Å². The Kier molecular flexibility index (Phi) is 17.5. The van der Waals surface area contributed by atoms with Crippen LogP contribution in [0.15, 0.2) is 164 Å². The fourth-order valence-corrected chi connectivity index (χ4v) is 3.16. The van der Waals surface area contributed by atoms with E-state index in [2.05, 4.69) is 109 Å². The van der Waals surface area contributed by atoms with E-state index in [1.54, 1.807) is 0 Å². The van der Waals surface area contributed by atoms with E-state index in [-0.39, 0.29) is 33.3 Å². The van der Waals surface area contributed by atoms with E-state index in [1.807, 2.05) is 72.8 Å². The molecule has 0 spiro atoms. The summed E-state index contributed by atoms with van der Waals surface area (Å²) in [5, 5.41) is 5.32. The maximum absolute atomic E-state index is 2.99. The van der Waals surface area contributed by atoms with E-state index in [0.29, 0.717) is 0 Å². The van der Waals surface area contributed by atoms with Crippen LogP contribution in [0.1, 0.15) is 6.42 Å². The molecule has 0 saturated carbocycles. The number of allylic oxidation sites excluding steroid dienone is 4. The Hall–Kier alpha value is -3.55. The van der Waals surface area contributed by atoms with Crippen molar-refractivity contribution in [2.75, 3.05) is 0 Å². The van der Waals surface area contributed by atoms with E-state index in [9.17, 15) is 0 Å². The van der Waals surface area contributed by atoms with E-state index in [0.717, 1.165) is 6.42 Å². The molecule has 1 heteroatoms. The molecule has 186 valence electrons. The van der Waals surface area contributed by atoms with Crippen LogP contribution in [0.2, 0.25) is 0 Å². The average Bonchev–Trinajstić information content (AvgIpc) is 3.75. The van der Waals surface area contributed by atoms with Crippen molar-refractivity contribution in [3.05, 3.63) is 189 Å². The van der Waals surface area contributed by atoms with Crippen molar-refractivity contribution in [3.8, 4) is 0 Å². The molecular formula is C36H32Hf-6. The Balaban J connectivity index is 0.000000233. The van der Waals surface area contributed by atoms with Gasteiger partial charge in [-0.2, -0.15) is 114 Å². The van der Waals surface area contributed by atoms with Gasteiger partial charge in [-0.25, -0.2) is 12.2 Å². The molecule has 1 aliphatic rings. The van der Waals surface area contributed by atoms with Gasteiger partial charge in [0.15, 0.2) is 0 Å². The molecule has 0 aromatic heterocycles. The van der Waals surface area contributed by atoms with Crippen LogP contribution in [0.5, 0.6) is 0 Å². The smallest absolute Gasteiger partial charge is 0 e. The molecule has 0 unspecified atom stereocenters. The van der Waals surface area contributed by atoms with Crippen LogP contribution in [0.3, 0.4) is 0 Å². The Morgan fingerprint density at radius 2 is 1.00 bits per heavy atom. The zero-order chi connectivity index (χ0) is 24.2. The standard InChI is InChI=1S/2C9H7.2C6H5.C5H5.CH3.Hf/c2*1-2-5-9-7-3-6-8(9)4-1;2*1-2-4-6-5-3-1;1-2-4-5-3-1;;/h2*1-7H;2*1-5H;1-3H,4H2;1H3;/q6*-1;. The van der Waals surface area contributed by atoms with Gasteiger partial charge in [0.1, 0.15) is 0 Å². The van der Waals surface area contributed by atoms with Gasteiger partial charge in [0.2, 0.25) is 0 Å². The molecule has 0 atom stereocenters. The predicted octanol–water partition coefficient (Wildman–Crippen LogP) is 9.84. The maximum atomic E-state index is 2.99. The van der Waals surface area contributed by atoms with Crippen molar-refractivity contribution in [1.29, 1.82) is 0 Å². The molecule has 6 aromatic rings. The molecule has 0 bridgehead atoms. The monoisotopic (exact) mass is 644 g/mol. The summed E-state index contributed by atoms with van der Waals surface area (Å²) >= 11 is 0. The molecule has 0 aliphatic heterocycles. The van der Waals surface area contributed by atoms with E-state index in [4.69, 9.17) is 0 Å². The summed E-state index contributed by atoms with van der Waals surface area (Å²) in [6, 6.07) is 54.3. The average molecular weight is 643 g/mol. The first-order chi connectivity index (χ1) is 17.4. The first kappa shape index (κ1) is 31.5. The van der Waals surface area contributed by atoms with Crippen LogP contribution < -0.4 is 0 Å². The minimum absolute atomic E-state index is 0. The van der Waals surface area contributed by atoms with Crippen LogP contribution in [-0.2, 0) is 25.8 Å². The Morgan fingerprint density at radius 1 is 0.541 bits per heavy atom. The molecule has 7 rings (SSSR count). The first-order valence-corrected chi connectivity index (χ1v) is 11.7. The van der Waals surface area contributed by atoms with Crippen LogP contribution in [0, 0.1) is 25.6 Å². The number of hydrogen-bond acceptors (Lipinski definition) is 0. The van der Waals surface area contributed by atoms with Crippen molar-refractivity contribution in [2.24, 2.45) is 0 Å². The molecule has 0 fully saturated rings. The molecule has 0 heterocycles. The van der Waals surface area contributed by atoms with Crippen LogP contribution in [0.25, 0.3) is 21.5 Å². The number of fused-ring (bicyclic) bond motifs is 2. The molecular weight excluding hydrogens is 611 g/mol. The Morgan fingerprint density at radius 3 is 1.27 bits per heavy atom. The number of benzene rings is 4. The Bertz CT molecular complexity index is 1130. The second kappa shape index (κ2) is 20.6. The largest absolute Gasteiger partial charge is 0.358 e. The van der Waals surface area contributed by atoms with Crippen molar-refractivity contribution in [2.45, 2.75) is 6.42 Å². The summed E-state index contributed by atoms with van der Waals surface area (Å²) in [5.41, 5.74) is 0. The molecule has 37 heavy (non-hydrogen) atoms. The maximum Gasteiger partial charge on any atom is 0 e. The normalized spacial score (nSPS) is 9.95. The summed E-state index contributed by atoms with van der Waals surface area (Å²) in [4.78, 5) is 0. The summed E-state index contributed by atoms with van der Waals surface area (Å²) in [6.45, 7) is 0. The fraction of sp³-hybridized carbons (Fsp3) is 0.0278. The SMILES string of the molecule is [C-]1=CC=CC1.[CH3-].[Hf].[c-]1ccccc1.[c-]1ccccc1.c1ccc2[cH-]ccc2c1.c1ccc2[cH-]ccc2c1. The fourth-order valence-electron chi connectivity index (χ4n) is 3.16. The second-order valence-electron chi connectivity index (χ2n) is 7.47. The first-order valence-electron chi connectivity index (χ1n) is 11.7. The molecule has 0 saturated heterocycles. The van der Waals surface area contributed by atoms with Gasteiger partial charge in [-0.05, 0) is 0 Å². The van der Waals surface area contributed by atoms with E-state index in [1.165, 1.54) is 21.5 Å². The van der Waals surface area contributed by atoms with Crippen molar-refractivity contribution in [3.63, 3.8) is 0 Å². The van der Waals surface area contributed by atoms with Gasteiger partial charge >= 0.3 is 0 Å². The summed E-state index contributed by atoms with van der Waals surface area (Å²) in [5.74, 6) is 0. The third-order valence-corrected chi connectivity index (χ3v) is 4.90. The third-order valence-electron chi connectivity index (χ3n) is 4.90. The zero-order valence-electron chi connectivity index (χ0n) is 21.3. The minimum atomic E-state index is 0. The van der Waals surface area contributed by atoms with Crippen molar-refractivity contribution in [1.82, 2.24) is 0 Å². The van der Waals surface area contributed by atoms with Crippen molar-refractivity contribution >= 4 is 21.5 Å². The van der Waals surface area contributed by atoms with Gasteiger partial charge in [-0.1, -0.05) is 12.1 Å². The summed E-state index contributed by atoms with van der Waals surface area (Å²) in [7, 11) is 0. The van der Waals surface area contributed by atoms with Crippen LogP contribution in [-0.4, -0.2) is 0 Å². The zero-order valence-corrected chi connectivity index (χ0v) is 24.9. The number of rotatable bonds is 0. The second-order valence-corrected chi connectivity index (χ2v) is 7.47. The van der Waals surface area contributed by atoms with Crippen molar-refractivity contribution < 1.29 is 25.8 Å². The number of hydrogen-bond donors (Lipinski definition) is 0. The van der Waals surface area contributed by atoms with Gasteiger partial charge in [0, 0.05) is 25.8 Å². The Labute approximate surface area is 242 Å². The van der Waals surface area contributed by atoms with Crippen LogP contribution >= 0.6 is 0 Å². The van der Waals surface area contributed by atoms with Gasteiger partial charge < -0.3 is 7.43 Å². The molecule has 0 amide bonds. The predicted molar refractivity (Wildman–Crippen MR) is 158 cm³/mol. The molecule has 0 N–H and O–H groups in total. The van der Waals surface area contributed by atoms with Gasteiger partial charge in [-0.3, -0.25) is 6.08 Å². The quantitative estimate of drug-likeness (QED) is 0.114.